The maximum Gasteiger partial charge on any atom is 0.275 e. The number of aromatic nitrogens is 2. The first-order chi connectivity index (χ1) is 14.5. The van der Waals surface area contributed by atoms with Gasteiger partial charge in [-0.25, -0.2) is 13.4 Å². The summed E-state index contributed by atoms with van der Waals surface area (Å²) >= 11 is 0. The molecule has 152 valence electrons. The number of pyridine rings is 1. The summed E-state index contributed by atoms with van der Waals surface area (Å²) in [5.41, 5.74) is 1.51. The van der Waals surface area contributed by atoms with Gasteiger partial charge in [0.05, 0.1) is 17.7 Å². The fourth-order valence-electron chi connectivity index (χ4n) is 2.91. The van der Waals surface area contributed by atoms with Crippen LogP contribution in [-0.4, -0.2) is 30.8 Å². The second-order valence-electron chi connectivity index (χ2n) is 6.38. The van der Waals surface area contributed by atoms with E-state index in [9.17, 15) is 13.2 Å². The average Bonchev–Trinajstić information content (AvgIpc) is 3.19. The first kappa shape index (κ1) is 19.5. The molecule has 2 aromatic carbocycles. The van der Waals surface area contributed by atoms with Crippen LogP contribution in [0.1, 0.15) is 10.5 Å². The summed E-state index contributed by atoms with van der Waals surface area (Å²) < 4.78 is 35.0. The van der Waals surface area contributed by atoms with Crippen LogP contribution in [0.4, 0.5) is 11.4 Å². The topological polar surface area (TPSA) is 102 Å². The van der Waals surface area contributed by atoms with E-state index in [4.69, 9.17) is 4.74 Å². The van der Waals surface area contributed by atoms with Crippen LogP contribution < -0.4 is 14.8 Å². The number of amides is 1. The monoisotopic (exact) mass is 422 g/mol. The normalized spacial score (nSPS) is 11.2. The lowest BCUT2D eigenvalue weighted by molar-refractivity contribution is 0.102. The van der Waals surface area contributed by atoms with E-state index in [1.54, 1.807) is 59.3 Å². The molecule has 0 atom stereocenters. The Bertz CT molecular complexity index is 1300. The van der Waals surface area contributed by atoms with E-state index < -0.39 is 15.9 Å². The van der Waals surface area contributed by atoms with Crippen LogP contribution in [0, 0.1) is 0 Å². The van der Waals surface area contributed by atoms with Crippen molar-refractivity contribution in [1.82, 2.24) is 9.38 Å². The molecule has 1 amide bonds. The summed E-state index contributed by atoms with van der Waals surface area (Å²) in [6.45, 7) is 0. The molecule has 0 unspecified atom stereocenters. The summed E-state index contributed by atoms with van der Waals surface area (Å²) in [4.78, 5) is 16.8. The third-order valence-electron chi connectivity index (χ3n) is 4.35. The minimum atomic E-state index is -3.89. The zero-order valence-electron chi connectivity index (χ0n) is 15.9. The van der Waals surface area contributed by atoms with Gasteiger partial charge in [0, 0.05) is 18.1 Å². The molecule has 4 rings (SSSR count). The van der Waals surface area contributed by atoms with Gasteiger partial charge in [-0.05, 0) is 42.5 Å². The molecule has 9 heteroatoms. The van der Waals surface area contributed by atoms with Crippen molar-refractivity contribution < 1.29 is 17.9 Å². The summed E-state index contributed by atoms with van der Waals surface area (Å²) in [6.07, 6.45) is 3.39. The number of ether oxygens (including phenoxy) is 1. The second kappa shape index (κ2) is 7.88. The van der Waals surface area contributed by atoms with Crippen molar-refractivity contribution in [3.8, 4) is 5.75 Å². The molecule has 0 spiro atoms. The number of carbonyl (C=O) groups is 1. The van der Waals surface area contributed by atoms with Gasteiger partial charge in [-0.15, -0.1) is 0 Å². The second-order valence-corrected chi connectivity index (χ2v) is 8.06. The lowest BCUT2D eigenvalue weighted by atomic mass is 10.3. The van der Waals surface area contributed by atoms with E-state index in [1.165, 1.54) is 19.2 Å². The molecule has 0 saturated carbocycles. The molecule has 2 N–H and O–H groups in total. The lowest BCUT2D eigenvalue weighted by Crippen LogP contribution is -2.15. The molecule has 0 aliphatic heterocycles. The molecule has 2 heterocycles. The van der Waals surface area contributed by atoms with E-state index in [2.05, 4.69) is 15.0 Å². The molecule has 0 aliphatic carbocycles. The van der Waals surface area contributed by atoms with Crippen molar-refractivity contribution in [1.29, 1.82) is 0 Å². The van der Waals surface area contributed by atoms with Gasteiger partial charge >= 0.3 is 0 Å². The predicted molar refractivity (Wildman–Crippen MR) is 113 cm³/mol. The Morgan fingerprint density at radius 3 is 2.63 bits per heavy atom. The molecular formula is C21H18N4O4S. The highest BCUT2D eigenvalue weighted by atomic mass is 32.2. The lowest BCUT2D eigenvalue weighted by Gasteiger charge is -2.12. The van der Waals surface area contributed by atoms with E-state index in [1.807, 2.05) is 12.1 Å². The third-order valence-corrected chi connectivity index (χ3v) is 5.71. The zero-order valence-corrected chi connectivity index (χ0v) is 16.8. The SMILES string of the molecule is COc1ccccc1NS(=O)(=O)c1cccc(NC(=O)c2cn3ccccc3n2)c1. The average molecular weight is 422 g/mol. The van der Waals surface area contributed by atoms with Crippen molar-refractivity contribution >= 4 is 33.0 Å². The minimum absolute atomic E-state index is 0.00112. The van der Waals surface area contributed by atoms with Crippen LogP contribution in [0.15, 0.2) is 84.0 Å². The molecule has 0 bridgehead atoms. The fourth-order valence-corrected chi connectivity index (χ4v) is 4.03. The Hall–Kier alpha value is -3.85. The Balaban J connectivity index is 1.56. The smallest absolute Gasteiger partial charge is 0.275 e. The highest BCUT2D eigenvalue weighted by molar-refractivity contribution is 7.92. The largest absolute Gasteiger partial charge is 0.495 e. The molecular weight excluding hydrogens is 404 g/mol. The number of hydrogen-bond donors (Lipinski definition) is 2. The number of imidazole rings is 1. The number of sulfonamides is 1. The molecule has 4 aromatic rings. The Morgan fingerprint density at radius 1 is 1.03 bits per heavy atom. The molecule has 0 aliphatic rings. The number of benzene rings is 2. The summed E-state index contributed by atoms with van der Waals surface area (Å²) in [5.74, 6) is -0.0386. The maximum absolute atomic E-state index is 12.8. The van der Waals surface area contributed by atoms with Crippen molar-refractivity contribution in [2.75, 3.05) is 17.1 Å². The number of carbonyl (C=O) groups excluding carboxylic acids is 1. The van der Waals surface area contributed by atoms with Crippen LogP contribution in [0.2, 0.25) is 0 Å². The summed E-state index contributed by atoms with van der Waals surface area (Å²) in [6, 6.07) is 18.1. The van der Waals surface area contributed by atoms with Crippen molar-refractivity contribution in [2.24, 2.45) is 0 Å². The van der Waals surface area contributed by atoms with Gasteiger partial charge < -0.3 is 14.5 Å². The highest BCUT2D eigenvalue weighted by Gasteiger charge is 2.18. The van der Waals surface area contributed by atoms with Crippen LogP contribution in [0.25, 0.3) is 5.65 Å². The van der Waals surface area contributed by atoms with Crippen molar-refractivity contribution in [3.05, 3.63) is 84.8 Å². The third kappa shape index (κ3) is 3.96. The number of fused-ring (bicyclic) bond motifs is 1. The summed E-state index contributed by atoms with van der Waals surface area (Å²) in [7, 11) is -2.43. The van der Waals surface area contributed by atoms with Gasteiger partial charge in [-0.3, -0.25) is 9.52 Å². The quantitative estimate of drug-likeness (QED) is 0.496. The predicted octanol–water partition coefficient (Wildman–Crippen LogP) is 3.40. The van der Waals surface area contributed by atoms with Gasteiger partial charge in [0.25, 0.3) is 15.9 Å². The first-order valence-corrected chi connectivity index (χ1v) is 10.5. The Morgan fingerprint density at radius 2 is 1.83 bits per heavy atom. The number of para-hydroxylation sites is 2. The van der Waals surface area contributed by atoms with Crippen molar-refractivity contribution in [3.63, 3.8) is 0 Å². The van der Waals surface area contributed by atoms with Crippen LogP contribution in [-0.2, 0) is 10.0 Å². The number of nitrogens with zero attached hydrogens (tertiary/aromatic N) is 2. The van der Waals surface area contributed by atoms with E-state index in [-0.39, 0.29) is 10.6 Å². The molecule has 0 saturated heterocycles. The fraction of sp³-hybridized carbons (Fsp3) is 0.0476. The minimum Gasteiger partial charge on any atom is -0.495 e. The number of rotatable bonds is 6. The Kier molecular flexibility index (Phi) is 5.11. The Labute approximate surface area is 173 Å². The van der Waals surface area contributed by atoms with Gasteiger partial charge in [0.2, 0.25) is 0 Å². The number of hydrogen-bond acceptors (Lipinski definition) is 5. The van der Waals surface area contributed by atoms with E-state index in [0.717, 1.165) is 0 Å². The van der Waals surface area contributed by atoms with Gasteiger partial charge in [0.15, 0.2) is 0 Å². The van der Waals surface area contributed by atoms with Crippen LogP contribution in [0.3, 0.4) is 0 Å². The van der Waals surface area contributed by atoms with E-state index in [0.29, 0.717) is 22.8 Å². The number of anilines is 2. The standard InChI is InChI=1S/C21H18N4O4S/c1-29-19-10-3-2-9-17(19)24-30(27,28)16-8-6-7-15(13-16)22-21(26)18-14-25-12-5-4-11-20(25)23-18/h2-14,24H,1H3,(H,22,26). The number of nitrogens with one attached hydrogen (secondary N) is 2. The molecule has 0 fully saturated rings. The first-order valence-electron chi connectivity index (χ1n) is 8.97. The van der Waals surface area contributed by atoms with E-state index >= 15 is 0 Å². The highest BCUT2D eigenvalue weighted by Crippen LogP contribution is 2.27. The number of methoxy groups -OCH3 is 1. The van der Waals surface area contributed by atoms with Crippen LogP contribution >= 0.6 is 0 Å². The molecule has 8 nitrogen and oxygen atoms in total. The zero-order chi connectivity index (χ0) is 21.1. The maximum atomic E-state index is 12.8. The van der Waals surface area contributed by atoms with Crippen molar-refractivity contribution in [2.45, 2.75) is 4.90 Å². The molecule has 30 heavy (non-hydrogen) atoms. The molecule has 0 radical (unpaired) electrons. The van der Waals surface area contributed by atoms with Gasteiger partial charge in [0.1, 0.15) is 17.1 Å². The summed E-state index contributed by atoms with van der Waals surface area (Å²) in [5, 5.41) is 2.69. The van der Waals surface area contributed by atoms with Gasteiger partial charge in [-0.1, -0.05) is 24.3 Å². The van der Waals surface area contributed by atoms with Crippen LogP contribution in [0.5, 0.6) is 5.75 Å². The molecule has 2 aromatic heterocycles. The van der Waals surface area contributed by atoms with Gasteiger partial charge in [-0.2, -0.15) is 0 Å².